The number of benzene rings is 1. The summed E-state index contributed by atoms with van der Waals surface area (Å²) < 4.78 is 5.30. The number of likely N-dealkylation sites (tertiary alicyclic amines) is 2. The lowest BCUT2D eigenvalue weighted by Crippen LogP contribution is -2.47. The monoisotopic (exact) mass is 373 g/mol. The molecule has 2 fully saturated rings. The van der Waals surface area contributed by atoms with Crippen LogP contribution in [0.25, 0.3) is 0 Å². The molecule has 1 atom stereocenters. The number of hydrogen-bond acceptors (Lipinski definition) is 3. The summed E-state index contributed by atoms with van der Waals surface area (Å²) in [6.07, 6.45) is 3.77. The van der Waals surface area contributed by atoms with Crippen molar-refractivity contribution in [2.24, 2.45) is 5.92 Å². The molecule has 2 heterocycles. The van der Waals surface area contributed by atoms with Crippen LogP contribution in [0, 0.1) is 12.8 Å². The van der Waals surface area contributed by atoms with Crippen molar-refractivity contribution in [2.75, 3.05) is 33.3 Å². The molecule has 2 aliphatic rings. The van der Waals surface area contributed by atoms with E-state index in [-0.39, 0.29) is 23.9 Å². The molecule has 3 rings (SSSR count). The van der Waals surface area contributed by atoms with Crippen LogP contribution in [0.3, 0.4) is 0 Å². The molecule has 0 saturated carbocycles. The van der Waals surface area contributed by atoms with Crippen molar-refractivity contribution in [2.45, 2.75) is 45.6 Å². The molecule has 0 aliphatic carbocycles. The molecule has 0 aromatic heterocycles. The molecule has 1 N–H and O–H groups in total. The lowest BCUT2D eigenvalue weighted by Gasteiger charge is -2.33. The Morgan fingerprint density at radius 3 is 2.37 bits per heavy atom. The number of rotatable bonds is 4. The molecule has 3 amide bonds. The fraction of sp³-hybridized carbons (Fsp3) is 0.619. The average Bonchev–Trinajstić information content (AvgIpc) is 3.22. The predicted molar refractivity (Wildman–Crippen MR) is 105 cm³/mol. The molecule has 6 heteroatoms. The second kappa shape index (κ2) is 8.63. The van der Waals surface area contributed by atoms with Gasteiger partial charge in [-0.1, -0.05) is 12.1 Å². The van der Waals surface area contributed by atoms with Crippen LogP contribution in [0.5, 0.6) is 5.75 Å². The number of carbonyl (C=O) groups excluding carboxylic acids is 2. The minimum absolute atomic E-state index is 0.0527. The van der Waals surface area contributed by atoms with Crippen LogP contribution in [0.2, 0.25) is 0 Å². The van der Waals surface area contributed by atoms with E-state index >= 15 is 0 Å². The SMILES string of the molecule is COc1ccc([C@@H](C)NC(=O)N2CCC(C(=O)N3CCCC3)CC2)cc1C. The summed E-state index contributed by atoms with van der Waals surface area (Å²) in [6, 6.07) is 5.83. The highest BCUT2D eigenvalue weighted by Gasteiger charge is 2.31. The third kappa shape index (κ3) is 4.54. The summed E-state index contributed by atoms with van der Waals surface area (Å²) >= 11 is 0. The molecule has 2 aliphatic heterocycles. The number of aryl methyl sites for hydroxylation is 1. The first-order valence-corrected chi connectivity index (χ1v) is 9.98. The van der Waals surface area contributed by atoms with E-state index in [2.05, 4.69) is 5.32 Å². The number of ether oxygens (including phenoxy) is 1. The van der Waals surface area contributed by atoms with Crippen molar-refractivity contribution in [1.29, 1.82) is 0 Å². The van der Waals surface area contributed by atoms with Gasteiger partial charge in [-0.3, -0.25) is 4.79 Å². The molecule has 148 valence electrons. The summed E-state index contributed by atoms with van der Waals surface area (Å²) in [7, 11) is 1.66. The Hall–Kier alpha value is -2.24. The summed E-state index contributed by atoms with van der Waals surface area (Å²) in [5.41, 5.74) is 2.11. The van der Waals surface area contributed by atoms with Gasteiger partial charge in [-0.25, -0.2) is 4.79 Å². The number of methoxy groups -OCH3 is 1. The predicted octanol–water partition coefficient (Wildman–Crippen LogP) is 3.11. The minimum Gasteiger partial charge on any atom is -0.496 e. The molecule has 27 heavy (non-hydrogen) atoms. The standard InChI is InChI=1S/C21H31N3O3/c1-15-14-18(6-7-19(15)27-3)16(2)22-21(26)24-12-8-17(9-13-24)20(25)23-10-4-5-11-23/h6-7,14,16-17H,4-5,8-13H2,1-3H3,(H,22,26)/t16-/m1/s1. The van der Waals surface area contributed by atoms with Crippen LogP contribution in [-0.4, -0.2) is 55.0 Å². The highest BCUT2D eigenvalue weighted by Crippen LogP contribution is 2.24. The molecule has 0 unspecified atom stereocenters. The maximum Gasteiger partial charge on any atom is 0.317 e. The molecular weight excluding hydrogens is 342 g/mol. The van der Waals surface area contributed by atoms with Crippen LogP contribution >= 0.6 is 0 Å². The van der Waals surface area contributed by atoms with E-state index in [9.17, 15) is 9.59 Å². The second-order valence-corrected chi connectivity index (χ2v) is 7.69. The Kier molecular flexibility index (Phi) is 6.24. The minimum atomic E-state index is -0.0777. The van der Waals surface area contributed by atoms with E-state index < -0.39 is 0 Å². The normalized spacial score (nSPS) is 19.1. The molecule has 1 aromatic carbocycles. The maximum absolute atomic E-state index is 12.6. The van der Waals surface area contributed by atoms with Crippen LogP contribution in [-0.2, 0) is 4.79 Å². The van der Waals surface area contributed by atoms with E-state index in [4.69, 9.17) is 4.74 Å². The van der Waals surface area contributed by atoms with Gasteiger partial charge in [0.25, 0.3) is 0 Å². The number of piperidine rings is 1. The van der Waals surface area contributed by atoms with Gasteiger partial charge in [0.15, 0.2) is 0 Å². The van der Waals surface area contributed by atoms with Crippen molar-refractivity contribution in [3.8, 4) is 5.75 Å². The van der Waals surface area contributed by atoms with E-state index in [1.807, 2.05) is 41.8 Å². The second-order valence-electron chi connectivity index (χ2n) is 7.69. The summed E-state index contributed by atoms with van der Waals surface area (Å²) in [5.74, 6) is 1.21. The van der Waals surface area contributed by atoms with E-state index in [0.29, 0.717) is 13.1 Å². The van der Waals surface area contributed by atoms with Crippen LogP contribution in [0.15, 0.2) is 18.2 Å². The Balaban J connectivity index is 1.50. The van der Waals surface area contributed by atoms with Gasteiger partial charge in [0, 0.05) is 32.1 Å². The topological polar surface area (TPSA) is 61.9 Å². The largest absolute Gasteiger partial charge is 0.496 e. The van der Waals surface area contributed by atoms with Gasteiger partial charge in [-0.2, -0.15) is 0 Å². The highest BCUT2D eigenvalue weighted by atomic mass is 16.5. The van der Waals surface area contributed by atoms with Crippen LogP contribution in [0.4, 0.5) is 4.79 Å². The zero-order chi connectivity index (χ0) is 19.4. The van der Waals surface area contributed by atoms with Gasteiger partial charge in [-0.05, 0) is 56.7 Å². The summed E-state index contributed by atoms with van der Waals surface area (Å²) in [4.78, 5) is 29.0. The van der Waals surface area contributed by atoms with Crippen molar-refractivity contribution < 1.29 is 14.3 Å². The molecule has 0 bridgehead atoms. The number of hydrogen-bond donors (Lipinski definition) is 1. The summed E-state index contributed by atoms with van der Waals surface area (Å²) in [5, 5.41) is 3.08. The number of urea groups is 1. The molecule has 6 nitrogen and oxygen atoms in total. The van der Waals surface area contributed by atoms with Gasteiger partial charge in [-0.15, -0.1) is 0 Å². The number of carbonyl (C=O) groups is 2. The Morgan fingerprint density at radius 2 is 1.78 bits per heavy atom. The Bertz CT molecular complexity index is 677. The summed E-state index contributed by atoms with van der Waals surface area (Å²) in [6.45, 7) is 7.08. The van der Waals surface area contributed by atoms with Gasteiger partial charge < -0.3 is 19.9 Å². The smallest absolute Gasteiger partial charge is 0.317 e. The van der Waals surface area contributed by atoms with Crippen molar-refractivity contribution in [3.05, 3.63) is 29.3 Å². The van der Waals surface area contributed by atoms with Gasteiger partial charge in [0.05, 0.1) is 13.2 Å². The maximum atomic E-state index is 12.6. The van der Waals surface area contributed by atoms with E-state index in [1.165, 1.54) is 0 Å². The number of nitrogens with zero attached hydrogens (tertiary/aromatic N) is 2. The third-order valence-electron chi connectivity index (χ3n) is 5.81. The number of nitrogens with one attached hydrogen (secondary N) is 1. The number of amides is 3. The van der Waals surface area contributed by atoms with Crippen molar-refractivity contribution >= 4 is 11.9 Å². The first kappa shape index (κ1) is 19.5. The molecule has 0 spiro atoms. The van der Waals surface area contributed by atoms with E-state index in [1.54, 1.807) is 7.11 Å². The zero-order valence-corrected chi connectivity index (χ0v) is 16.7. The third-order valence-corrected chi connectivity index (χ3v) is 5.81. The molecular formula is C21H31N3O3. The Labute approximate surface area is 161 Å². The van der Waals surface area contributed by atoms with Crippen LogP contribution < -0.4 is 10.1 Å². The first-order valence-electron chi connectivity index (χ1n) is 9.98. The Morgan fingerprint density at radius 1 is 1.11 bits per heavy atom. The fourth-order valence-corrected chi connectivity index (χ4v) is 4.06. The quantitative estimate of drug-likeness (QED) is 0.882. The first-order chi connectivity index (χ1) is 13.0. The van der Waals surface area contributed by atoms with Crippen LogP contribution in [0.1, 0.15) is 49.8 Å². The molecule has 2 saturated heterocycles. The van der Waals surface area contributed by atoms with Crippen molar-refractivity contribution in [3.63, 3.8) is 0 Å². The highest BCUT2D eigenvalue weighted by molar-refractivity contribution is 5.80. The van der Waals surface area contributed by atoms with Gasteiger partial charge >= 0.3 is 6.03 Å². The average molecular weight is 373 g/mol. The van der Waals surface area contributed by atoms with Gasteiger partial charge in [0.2, 0.25) is 5.91 Å². The lowest BCUT2D eigenvalue weighted by molar-refractivity contribution is -0.135. The van der Waals surface area contributed by atoms with E-state index in [0.717, 1.165) is 55.6 Å². The van der Waals surface area contributed by atoms with Gasteiger partial charge in [0.1, 0.15) is 5.75 Å². The van der Waals surface area contributed by atoms with Crippen molar-refractivity contribution in [1.82, 2.24) is 15.1 Å². The lowest BCUT2D eigenvalue weighted by atomic mass is 9.95. The fourth-order valence-electron chi connectivity index (χ4n) is 4.06. The molecule has 0 radical (unpaired) electrons. The zero-order valence-electron chi connectivity index (χ0n) is 16.7. The molecule has 1 aromatic rings.